The summed E-state index contributed by atoms with van der Waals surface area (Å²) >= 11 is 4.90. The Labute approximate surface area is 226 Å². The lowest BCUT2D eigenvalue weighted by atomic mass is 9.94. The zero-order chi connectivity index (χ0) is 25.7. The minimum Gasteiger partial charge on any atom is -0.352 e. The van der Waals surface area contributed by atoms with Gasteiger partial charge in [0.1, 0.15) is 0 Å². The van der Waals surface area contributed by atoms with Crippen molar-refractivity contribution in [3.05, 3.63) is 88.4 Å². The fraction of sp³-hybridized carbons (Fsp3) is 0.321. The molecule has 2 atom stereocenters. The quantitative estimate of drug-likeness (QED) is 0.339. The Hall–Kier alpha value is -2.13. The normalized spacial score (nSPS) is 18.6. The molecule has 0 spiro atoms. The Morgan fingerprint density at radius 2 is 1.67 bits per heavy atom. The molecule has 1 fully saturated rings. The van der Waals surface area contributed by atoms with Crippen molar-refractivity contribution < 1.29 is 13.2 Å². The molecule has 4 rings (SSSR count). The summed E-state index contributed by atoms with van der Waals surface area (Å²) in [5.41, 5.74) is 1.50. The van der Waals surface area contributed by atoms with E-state index in [0.717, 1.165) is 21.4 Å². The molecule has 3 aromatic carbocycles. The Kier molecular flexibility index (Phi) is 8.93. The molecule has 8 heteroatoms. The van der Waals surface area contributed by atoms with Crippen LogP contribution >= 0.6 is 27.7 Å². The van der Waals surface area contributed by atoms with E-state index >= 15 is 0 Å². The van der Waals surface area contributed by atoms with E-state index in [9.17, 15) is 13.2 Å². The van der Waals surface area contributed by atoms with Crippen molar-refractivity contribution in [3.63, 3.8) is 0 Å². The number of carbonyl (C=O) groups is 1. The van der Waals surface area contributed by atoms with Crippen molar-refractivity contribution in [2.24, 2.45) is 11.8 Å². The zero-order valence-electron chi connectivity index (χ0n) is 20.5. The molecule has 1 aliphatic rings. The van der Waals surface area contributed by atoms with E-state index in [-0.39, 0.29) is 10.8 Å². The average Bonchev–Trinajstić information content (AvgIpc) is 2.85. The van der Waals surface area contributed by atoms with Gasteiger partial charge in [0.25, 0.3) is 5.91 Å². The first-order chi connectivity index (χ1) is 17.2. The number of hydrogen-bond acceptors (Lipinski definition) is 4. The van der Waals surface area contributed by atoms with Gasteiger partial charge in [-0.15, -0.1) is 0 Å². The highest BCUT2D eigenvalue weighted by molar-refractivity contribution is 9.10. The third kappa shape index (κ3) is 6.79. The topological polar surface area (TPSA) is 66.5 Å². The molecule has 1 heterocycles. The maximum Gasteiger partial charge on any atom is 0.252 e. The predicted octanol–water partition coefficient (Wildman–Crippen LogP) is 6.24. The SMILES string of the molecule is C[C@@H]1C[C@H](C)CN(S(=O)(=O)c2ccc(Sc3ccc(Br)cc3)c(C(=O)NCCc3ccccc3)c2)C1. The van der Waals surface area contributed by atoms with Crippen molar-refractivity contribution in [1.82, 2.24) is 9.62 Å². The zero-order valence-corrected chi connectivity index (χ0v) is 23.7. The molecule has 0 radical (unpaired) electrons. The van der Waals surface area contributed by atoms with Gasteiger partial charge in [-0.3, -0.25) is 4.79 Å². The number of benzene rings is 3. The lowest BCUT2D eigenvalue weighted by Gasteiger charge is -2.34. The third-order valence-electron chi connectivity index (χ3n) is 6.25. The minimum absolute atomic E-state index is 0.164. The van der Waals surface area contributed by atoms with E-state index in [4.69, 9.17) is 0 Å². The lowest BCUT2D eigenvalue weighted by molar-refractivity contribution is 0.0951. The van der Waals surface area contributed by atoms with Crippen LogP contribution < -0.4 is 5.32 Å². The van der Waals surface area contributed by atoms with E-state index in [1.54, 1.807) is 16.4 Å². The lowest BCUT2D eigenvalue weighted by Crippen LogP contribution is -2.42. The van der Waals surface area contributed by atoms with Crippen LogP contribution in [-0.4, -0.2) is 38.3 Å². The summed E-state index contributed by atoms with van der Waals surface area (Å²) in [4.78, 5) is 15.2. The minimum atomic E-state index is -3.70. The van der Waals surface area contributed by atoms with Gasteiger partial charge in [0, 0.05) is 33.9 Å². The van der Waals surface area contributed by atoms with Gasteiger partial charge in [-0.25, -0.2) is 8.42 Å². The molecule has 0 aliphatic carbocycles. The van der Waals surface area contributed by atoms with E-state index in [0.29, 0.717) is 48.3 Å². The molecule has 3 aromatic rings. The molecule has 1 aliphatic heterocycles. The van der Waals surface area contributed by atoms with Crippen LogP contribution in [0.3, 0.4) is 0 Å². The second kappa shape index (κ2) is 11.9. The molecule has 0 unspecified atom stereocenters. The number of hydrogen-bond donors (Lipinski definition) is 1. The Morgan fingerprint density at radius 1 is 1.00 bits per heavy atom. The van der Waals surface area contributed by atoms with Gasteiger partial charge in [0.05, 0.1) is 10.5 Å². The number of halogens is 1. The molecule has 0 saturated carbocycles. The first-order valence-corrected chi connectivity index (χ1v) is 15.2. The standard InChI is InChI=1S/C28H31BrN2O3S2/c1-20-16-21(2)19-31(18-20)36(33,34)25-12-13-27(35-24-10-8-23(29)9-11-24)26(17-25)28(32)30-15-14-22-6-4-3-5-7-22/h3-13,17,20-21H,14-16,18-19H2,1-2H3,(H,30,32)/t20-,21+. The van der Waals surface area contributed by atoms with Gasteiger partial charge in [0.15, 0.2) is 0 Å². The van der Waals surface area contributed by atoms with Crippen LogP contribution in [0, 0.1) is 11.8 Å². The molecule has 1 saturated heterocycles. The van der Waals surface area contributed by atoms with Gasteiger partial charge in [-0.2, -0.15) is 4.31 Å². The van der Waals surface area contributed by atoms with Crippen molar-refractivity contribution in [2.45, 2.75) is 41.4 Å². The number of carbonyl (C=O) groups excluding carboxylic acids is 1. The van der Waals surface area contributed by atoms with Crippen LogP contribution in [0.1, 0.15) is 36.2 Å². The molecule has 0 aromatic heterocycles. The summed E-state index contributed by atoms with van der Waals surface area (Å²) in [5, 5.41) is 2.99. The first-order valence-electron chi connectivity index (χ1n) is 12.1. The molecule has 1 amide bonds. The fourth-order valence-corrected chi connectivity index (χ4v) is 7.47. The monoisotopic (exact) mass is 586 g/mol. The van der Waals surface area contributed by atoms with Gasteiger partial charge >= 0.3 is 0 Å². The molecule has 5 nitrogen and oxygen atoms in total. The molecule has 190 valence electrons. The van der Waals surface area contributed by atoms with Gasteiger partial charge in [-0.05, 0) is 72.7 Å². The van der Waals surface area contributed by atoms with Crippen molar-refractivity contribution in [1.29, 1.82) is 0 Å². The van der Waals surface area contributed by atoms with E-state index in [1.165, 1.54) is 17.8 Å². The number of piperidine rings is 1. The molecule has 0 bridgehead atoms. The summed E-state index contributed by atoms with van der Waals surface area (Å²) in [6.45, 7) is 5.63. The van der Waals surface area contributed by atoms with Crippen LogP contribution in [0.15, 0.2) is 92.0 Å². The second-order valence-corrected chi connectivity index (χ2v) is 13.4. The van der Waals surface area contributed by atoms with Crippen LogP contribution in [0.5, 0.6) is 0 Å². The average molecular weight is 588 g/mol. The predicted molar refractivity (Wildman–Crippen MR) is 149 cm³/mol. The number of rotatable bonds is 8. The Morgan fingerprint density at radius 3 is 2.33 bits per heavy atom. The largest absolute Gasteiger partial charge is 0.352 e. The molecular weight excluding hydrogens is 556 g/mol. The van der Waals surface area contributed by atoms with E-state index < -0.39 is 10.0 Å². The second-order valence-electron chi connectivity index (χ2n) is 9.47. The fourth-order valence-electron chi connectivity index (χ4n) is 4.58. The number of sulfonamides is 1. The van der Waals surface area contributed by atoms with Gasteiger partial charge in [-0.1, -0.05) is 71.9 Å². The van der Waals surface area contributed by atoms with Crippen LogP contribution in [0.4, 0.5) is 0 Å². The highest BCUT2D eigenvalue weighted by Crippen LogP contribution is 2.34. The Bertz CT molecular complexity index is 1290. The summed E-state index contributed by atoms with van der Waals surface area (Å²) in [6, 6.07) is 22.7. The molecular formula is C28H31BrN2O3S2. The van der Waals surface area contributed by atoms with Crippen LogP contribution in [0.2, 0.25) is 0 Å². The summed E-state index contributed by atoms with van der Waals surface area (Å²) in [5.74, 6) is 0.330. The van der Waals surface area contributed by atoms with E-state index in [2.05, 4.69) is 35.1 Å². The Balaban J connectivity index is 1.61. The van der Waals surface area contributed by atoms with Gasteiger partial charge in [0.2, 0.25) is 10.0 Å². The van der Waals surface area contributed by atoms with Crippen LogP contribution in [0.25, 0.3) is 0 Å². The number of nitrogens with one attached hydrogen (secondary N) is 1. The number of nitrogens with zero attached hydrogens (tertiary/aromatic N) is 1. The molecule has 1 N–H and O–H groups in total. The maximum atomic E-state index is 13.5. The summed E-state index contributed by atoms with van der Waals surface area (Å²) in [7, 11) is -3.70. The molecule has 36 heavy (non-hydrogen) atoms. The highest BCUT2D eigenvalue weighted by atomic mass is 79.9. The smallest absolute Gasteiger partial charge is 0.252 e. The third-order valence-corrected chi connectivity index (χ3v) is 9.69. The van der Waals surface area contributed by atoms with Crippen LogP contribution in [-0.2, 0) is 16.4 Å². The number of amides is 1. The van der Waals surface area contributed by atoms with Crippen molar-refractivity contribution in [2.75, 3.05) is 19.6 Å². The van der Waals surface area contributed by atoms with Crippen molar-refractivity contribution in [3.8, 4) is 0 Å². The highest BCUT2D eigenvalue weighted by Gasteiger charge is 2.32. The summed E-state index contributed by atoms with van der Waals surface area (Å²) < 4.78 is 29.6. The van der Waals surface area contributed by atoms with E-state index in [1.807, 2.05) is 54.6 Å². The summed E-state index contributed by atoms with van der Waals surface area (Å²) in [6.07, 6.45) is 1.72. The van der Waals surface area contributed by atoms with Crippen molar-refractivity contribution >= 4 is 43.6 Å². The first kappa shape index (κ1) is 26.9. The van der Waals surface area contributed by atoms with Gasteiger partial charge < -0.3 is 5.32 Å². The maximum absolute atomic E-state index is 13.5.